The molecule has 0 N–H and O–H groups in total. The molecule has 0 saturated heterocycles. The van der Waals surface area contributed by atoms with Crippen molar-refractivity contribution in [3.05, 3.63) is 53.9 Å². The van der Waals surface area contributed by atoms with E-state index >= 15 is 0 Å². The van der Waals surface area contributed by atoms with Gasteiger partial charge >= 0.3 is 0 Å². The van der Waals surface area contributed by atoms with Crippen LogP contribution in [0.3, 0.4) is 0 Å². The average Bonchev–Trinajstić information content (AvgIpc) is 3.02. The molecule has 3 nitrogen and oxygen atoms in total. The Balaban J connectivity index is 1.74. The third-order valence-corrected chi connectivity index (χ3v) is 4.27. The van der Waals surface area contributed by atoms with Gasteiger partial charge in [0.2, 0.25) is 0 Å². The van der Waals surface area contributed by atoms with Gasteiger partial charge < -0.3 is 9.30 Å². The number of fused-ring (bicyclic) bond motifs is 1. The quantitative estimate of drug-likeness (QED) is 0.786. The molecule has 0 saturated carbocycles. The molecule has 1 aliphatic rings. The molecule has 1 aromatic carbocycles. The third kappa shape index (κ3) is 3.03. The third-order valence-electron chi connectivity index (χ3n) is 4.27. The SMILES string of the molecule is C#CCOc1cccc(CN2CCn3cccc3[C@H]2CC)c1. The van der Waals surface area contributed by atoms with Gasteiger partial charge in [0.05, 0.1) is 6.04 Å². The summed E-state index contributed by atoms with van der Waals surface area (Å²) in [5, 5.41) is 0. The summed E-state index contributed by atoms with van der Waals surface area (Å²) in [6.45, 7) is 5.66. The molecule has 1 aliphatic heterocycles. The molecule has 3 rings (SSSR count). The number of hydrogen-bond acceptors (Lipinski definition) is 2. The Morgan fingerprint density at radius 2 is 2.18 bits per heavy atom. The van der Waals surface area contributed by atoms with E-state index in [2.05, 4.69) is 52.8 Å². The summed E-state index contributed by atoms with van der Waals surface area (Å²) in [5.41, 5.74) is 2.70. The second kappa shape index (κ2) is 6.72. The monoisotopic (exact) mass is 294 g/mol. The fraction of sp³-hybridized carbons (Fsp3) is 0.368. The zero-order valence-electron chi connectivity index (χ0n) is 13.0. The first kappa shape index (κ1) is 14.7. The number of aromatic nitrogens is 1. The van der Waals surface area contributed by atoms with E-state index in [-0.39, 0.29) is 0 Å². The highest BCUT2D eigenvalue weighted by molar-refractivity contribution is 5.29. The molecule has 0 spiro atoms. The second-order valence-corrected chi connectivity index (χ2v) is 5.66. The lowest BCUT2D eigenvalue weighted by Crippen LogP contribution is -2.37. The lowest BCUT2D eigenvalue weighted by Gasteiger charge is -2.36. The van der Waals surface area contributed by atoms with Crippen LogP contribution >= 0.6 is 0 Å². The number of benzene rings is 1. The molecule has 0 aliphatic carbocycles. The summed E-state index contributed by atoms with van der Waals surface area (Å²) in [5.74, 6) is 3.36. The molecular formula is C19H22N2O. The van der Waals surface area contributed by atoms with E-state index in [0.717, 1.165) is 31.8 Å². The molecule has 2 heterocycles. The van der Waals surface area contributed by atoms with Gasteiger partial charge in [-0.2, -0.15) is 0 Å². The maximum absolute atomic E-state index is 5.52. The van der Waals surface area contributed by atoms with Crippen molar-refractivity contribution in [2.24, 2.45) is 0 Å². The second-order valence-electron chi connectivity index (χ2n) is 5.66. The maximum Gasteiger partial charge on any atom is 0.148 e. The van der Waals surface area contributed by atoms with Crippen molar-refractivity contribution in [2.45, 2.75) is 32.5 Å². The van der Waals surface area contributed by atoms with Crippen molar-refractivity contribution in [1.29, 1.82) is 0 Å². The molecule has 0 fully saturated rings. The Bertz CT molecular complexity index is 668. The molecule has 0 unspecified atom stereocenters. The predicted octanol–water partition coefficient (Wildman–Crippen LogP) is 3.47. The number of ether oxygens (including phenoxy) is 1. The van der Waals surface area contributed by atoms with Gasteiger partial charge in [0.15, 0.2) is 0 Å². The number of nitrogens with zero attached hydrogens (tertiary/aromatic N) is 2. The predicted molar refractivity (Wildman–Crippen MR) is 88.6 cm³/mol. The normalized spacial score (nSPS) is 17.7. The van der Waals surface area contributed by atoms with Crippen molar-refractivity contribution in [1.82, 2.24) is 9.47 Å². The smallest absolute Gasteiger partial charge is 0.148 e. The van der Waals surface area contributed by atoms with Gasteiger partial charge in [0.25, 0.3) is 0 Å². The Morgan fingerprint density at radius 1 is 1.27 bits per heavy atom. The van der Waals surface area contributed by atoms with Crippen LogP contribution in [0.15, 0.2) is 42.6 Å². The maximum atomic E-state index is 5.52. The van der Waals surface area contributed by atoms with Gasteiger partial charge in [0.1, 0.15) is 12.4 Å². The molecule has 114 valence electrons. The Kier molecular flexibility index (Phi) is 4.50. The highest BCUT2D eigenvalue weighted by atomic mass is 16.5. The zero-order valence-corrected chi connectivity index (χ0v) is 13.0. The molecule has 0 radical (unpaired) electrons. The Hall–Kier alpha value is -2.18. The molecule has 1 aromatic heterocycles. The van der Waals surface area contributed by atoms with E-state index in [4.69, 9.17) is 11.2 Å². The van der Waals surface area contributed by atoms with E-state index < -0.39 is 0 Å². The minimum atomic E-state index is 0.318. The van der Waals surface area contributed by atoms with Crippen LogP contribution in [0, 0.1) is 12.3 Å². The molecular weight excluding hydrogens is 272 g/mol. The van der Waals surface area contributed by atoms with Crippen LogP contribution in [0.2, 0.25) is 0 Å². The van der Waals surface area contributed by atoms with Gasteiger partial charge in [-0.3, -0.25) is 4.90 Å². The highest BCUT2D eigenvalue weighted by Crippen LogP contribution is 2.30. The highest BCUT2D eigenvalue weighted by Gasteiger charge is 2.25. The van der Waals surface area contributed by atoms with Gasteiger partial charge in [-0.05, 0) is 36.2 Å². The topological polar surface area (TPSA) is 17.4 Å². The Labute approximate surface area is 132 Å². The first-order chi connectivity index (χ1) is 10.8. The fourth-order valence-corrected chi connectivity index (χ4v) is 3.26. The van der Waals surface area contributed by atoms with Crippen LogP contribution in [0.4, 0.5) is 0 Å². The lowest BCUT2D eigenvalue weighted by atomic mass is 10.1. The van der Waals surface area contributed by atoms with E-state index in [1.807, 2.05) is 12.1 Å². The lowest BCUT2D eigenvalue weighted by molar-refractivity contribution is 0.144. The van der Waals surface area contributed by atoms with E-state index in [9.17, 15) is 0 Å². The van der Waals surface area contributed by atoms with Crippen molar-refractivity contribution < 1.29 is 4.74 Å². The standard InChI is InChI=1S/C19H22N2O/c1-3-13-22-17-8-5-7-16(14-17)15-21-12-11-20-10-6-9-19(20)18(21)4-2/h1,5-10,14,18H,4,11-13,15H2,2H3/t18-/m1/s1. The molecule has 0 bridgehead atoms. The molecule has 2 aromatic rings. The van der Waals surface area contributed by atoms with Gasteiger partial charge in [-0.25, -0.2) is 0 Å². The summed E-state index contributed by atoms with van der Waals surface area (Å²) in [6, 6.07) is 13.1. The van der Waals surface area contributed by atoms with E-state index in [1.54, 1.807) is 0 Å². The summed E-state index contributed by atoms with van der Waals surface area (Å²) in [6.07, 6.45) is 8.56. The van der Waals surface area contributed by atoms with Crippen molar-refractivity contribution in [3.63, 3.8) is 0 Å². The van der Waals surface area contributed by atoms with Crippen LogP contribution in [-0.4, -0.2) is 22.6 Å². The Morgan fingerprint density at radius 3 is 3.00 bits per heavy atom. The first-order valence-corrected chi connectivity index (χ1v) is 7.86. The minimum Gasteiger partial charge on any atom is -0.481 e. The van der Waals surface area contributed by atoms with Gasteiger partial charge in [-0.1, -0.05) is 25.0 Å². The zero-order chi connectivity index (χ0) is 15.4. The molecule has 3 heteroatoms. The summed E-state index contributed by atoms with van der Waals surface area (Å²) in [4.78, 5) is 2.55. The molecule has 22 heavy (non-hydrogen) atoms. The van der Waals surface area contributed by atoms with Gasteiger partial charge in [-0.15, -0.1) is 6.42 Å². The molecule has 1 atom stereocenters. The minimum absolute atomic E-state index is 0.318. The largest absolute Gasteiger partial charge is 0.481 e. The van der Waals surface area contributed by atoms with E-state index in [1.165, 1.54) is 11.3 Å². The summed E-state index contributed by atoms with van der Waals surface area (Å²) >= 11 is 0. The molecule has 0 amide bonds. The van der Waals surface area contributed by atoms with Crippen molar-refractivity contribution in [2.75, 3.05) is 13.2 Å². The number of rotatable bonds is 5. The van der Waals surface area contributed by atoms with Crippen molar-refractivity contribution >= 4 is 0 Å². The first-order valence-electron chi connectivity index (χ1n) is 7.86. The van der Waals surface area contributed by atoms with Crippen LogP contribution in [0.5, 0.6) is 5.75 Å². The number of terminal acetylenes is 1. The van der Waals surface area contributed by atoms with Crippen LogP contribution in [0.1, 0.15) is 30.6 Å². The van der Waals surface area contributed by atoms with Crippen LogP contribution < -0.4 is 4.74 Å². The van der Waals surface area contributed by atoms with Crippen LogP contribution in [0.25, 0.3) is 0 Å². The number of hydrogen-bond donors (Lipinski definition) is 0. The van der Waals surface area contributed by atoms with Crippen molar-refractivity contribution in [3.8, 4) is 18.1 Å². The fourth-order valence-electron chi connectivity index (χ4n) is 3.26. The van der Waals surface area contributed by atoms with Gasteiger partial charge in [0, 0.05) is 31.5 Å². The summed E-state index contributed by atoms with van der Waals surface area (Å²) in [7, 11) is 0. The van der Waals surface area contributed by atoms with Crippen LogP contribution in [-0.2, 0) is 13.1 Å². The average molecular weight is 294 g/mol. The summed E-state index contributed by atoms with van der Waals surface area (Å²) < 4.78 is 7.90. The van der Waals surface area contributed by atoms with E-state index in [0.29, 0.717) is 12.6 Å².